The summed E-state index contributed by atoms with van der Waals surface area (Å²) in [6, 6.07) is 0. The first-order valence-corrected chi connectivity index (χ1v) is 3.96. The Labute approximate surface area is 76.7 Å². The van der Waals surface area contributed by atoms with Crippen LogP contribution in [0.3, 0.4) is 0 Å². The molecule has 0 rings (SSSR count). The average Bonchev–Trinajstić information content (AvgIpc) is 2.05. The Hall–Kier alpha value is -1.52. The van der Waals surface area contributed by atoms with Gasteiger partial charge in [0.05, 0.1) is 19.5 Å². The molecule has 0 aliphatic heterocycles. The Morgan fingerprint density at radius 3 is 2.54 bits per heavy atom. The van der Waals surface area contributed by atoms with Gasteiger partial charge in [-0.2, -0.15) is 0 Å². The molecule has 0 saturated heterocycles. The van der Waals surface area contributed by atoms with Crippen LogP contribution < -0.4 is 5.32 Å². The van der Waals surface area contributed by atoms with Crippen LogP contribution in [0.5, 0.6) is 0 Å². The Morgan fingerprint density at radius 1 is 1.31 bits per heavy atom. The molecular formula is C8H13NO4. The van der Waals surface area contributed by atoms with Crippen LogP contribution in [0.2, 0.25) is 0 Å². The van der Waals surface area contributed by atoms with Crippen LogP contribution in [-0.4, -0.2) is 25.2 Å². The molecule has 0 aliphatic carbocycles. The van der Waals surface area contributed by atoms with Crippen molar-refractivity contribution in [2.75, 3.05) is 13.2 Å². The molecule has 74 valence electrons. The molecule has 13 heavy (non-hydrogen) atoms. The highest BCUT2D eigenvalue weighted by Gasteiger charge is 2.03. The van der Waals surface area contributed by atoms with Gasteiger partial charge in [-0.25, -0.2) is 4.79 Å². The molecule has 1 N–H and O–H groups in total. The van der Waals surface area contributed by atoms with E-state index in [-0.39, 0.29) is 6.61 Å². The zero-order valence-electron chi connectivity index (χ0n) is 7.70. The lowest BCUT2D eigenvalue weighted by Gasteiger charge is -2.00. The van der Waals surface area contributed by atoms with E-state index in [9.17, 15) is 9.59 Å². The Kier molecular flexibility index (Phi) is 6.31. The fourth-order valence-electron chi connectivity index (χ4n) is 0.516. The highest BCUT2D eigenvalue weighted by atomic mass is 16.5. The molecule has 0 radical (unpaired) electrons. The van der Waals surface area contributed by atoms with Crippen molar-refractivity contribution >= 4 is 12.0 Å². The minimum atomic E-state index is -0.756. The molecule has 0 spiro atoms. The molecule has 0 heterocycles. The van der Waals surface area contributed by atoms with Crippen LogP contribution in [0.4, 0.5) is 4.79 Å². The van der Waals surface area contributed by atoms with Gasteiger partial charge in [0.15, 0.2) is 0 Å². The Morgan fingerprint density at radius 2 is 2.00 bits per heavy atom. The van der Waals surface area contributed by atoms with Crippen molar-refractivity contribution in [3.63, 3.8) is 0 Å². The Balaban J connectivity index is 3.67. The quantitative estimate of drug-likeness (QED) is 0.522. The first kappa shape index (κ1) is 11.5. The van der Waals surface area contributed by atoms with E-state index in [4.69, 9.17) is 4.74 Å². The van der Waals surface area contributed by atoms with E-state index in [0.29, 0.717) is 6.61 Å². The number of carbonyl (C=O) groups is 2. The highest BCUT2D eigenvalue weighted by Crippen LogP contribution is 1.80. The van der Waals surface area contributed by atoms with Crippen LogP contribution in [0, 0.1) is 0 Å². The van der Waals surface area contributed by atoms with Gasteiger partial charge in [0, 0.05) is 6.08 Å². The van der Waals surface area contributed by atoms with E-state index in [0.717, 1.165) is 6.08 Å². The predicted octanol–water partition coefficient (Wildman–Crippen LogP) is 0.809. The van der Waals surface area contributed by atoms with Crippen molar-refractivity contribution in [1.82, 2.24) is 5.32 Å². The van der Waals surface area contributed by atoms with Crippen molar-refractivity contribution in [2.24, 2.45) is 0 Å². The second kappa shape index (κ2) is 7.15. The molecule has 5 nitrogen and oxygen atoms in total. The molecule has 0 unspecified atom stereocenters. The third kappa shape index (κ3) is 6.86. The first-order chi connectivity index (χ1) is 6.20. The molecule has 5 heteroatoms. The number of ether oxygens (including phenoxy) is 2. The number of hydrogen-bond acceptors (Lipinski definition) is 4. The van der Waals surface area contributed by atoms with Crippen LogP contribution in [0.15, 0.2) is 12.3 Å². The van der Waals surface area contributed by atoms with Crippen LogP contribution >= 0.6 is 0 Å². The maximum atomic E-state index is 10.8. The predicted molar refractivity (Wildman–Crippen MR) is 45.9 cm³/mol. The first-order valence-electron chi connectivity index (χ1n) is 3.96. The normalized spacial score (nSPS) is 9.69. The Bertz CT molecular complexity index is 200. The smallest absolute Gasteiger partial charge is 0.414 e. The fourth-order valence-corrected chi connectivity index (χ4v) is 0.516. The topological polar surface area (TPSA) is 64.6 Å². The lowest BCUT2D eigenvalue weighted by atomic mass is 10.6. The number of imide groups is 1. The number of alkyl carbamates (subject to hydrolysis) is 1. The van der Waals surface area contributed by atoms with Crippen LogP contribution in [-0.2, 0) is 14.3 Å². The third-order valence-corrected chi connectivity index (χ3v) is 0.983. The van der Waals surface area contributed by atoms with E-state index in [1.807, 2.05) is 5.32 Å². The van der Waals surface area contributed by atoms with Crippen molar-refractivity contribution in [2.45, 2.75) is 13.8 Å². The van der Waals surface area contributed by atoms with Crippen molar-refractivity contribution in [1.29, 1.82) is 0 Å². The molecule has 0 fully saturated rings. The van der Waals surface area contributed by atoms with Gasteiger partial charge in [-0.05, 0) is 13.8 Å². The number of carbonyl (C=O) groups excluding carboxylic acids is 2. The van der Waals surface area contributed by atoms with Crippen molar-refractivity contribution in [3.8, 4) is 0 Å². The zero-order valence-corrected chi connectivity index (χ0v) is 7.70. The monoisotopic (exact) mass is 187 g/mol. The van der Waals surface area contributed by atoms with E-state index < -0.39 is 12.0 Å². The molecule has 0 aromatic rings. The van der Waals surface area contributed by atoms with Gasteiger partial charge in [0.25, 0.3) is 5.91 Å². The molecule has 0 aromatic heterocycles. The second-order valence-electron chi connectivity index (χ2n) is 1.97. The molecule has 0 aromatic carbocycles. The number of nitrogens with one attached hydrogen (secondary N) is 1. The van der Waals surface area contributed by atoms with Gasteiger partial charge in [-0.15, -0.1) is 0 Å². The van der Waals surface area contributed by atoms with Crippen molar-refractivity contribution < 1.29 is 19.1 Å². The maximum absolute atomic E-state index is 10.8. The average molecular weight is 187 g/mol. The standard InChI is InChI=1S/C8H13NO4/c1-3-12-6-5-7(10)9-8(11)13-4-2/h5-6H,3-4H2,1-2H3,(H,9,10,11)/b6-5-. The van der Waals surface area contributed by atoms with Crippen LogP contribution in [0.25, 0.3) is 0 Å². The minimum absolute atomic E-state index is 0.230. The summed E-state index contributed by atoms with van der Waals surface area (Å²) < 4.78 is 9.23. The summed E-state index contributed by atoms with van der Waals surface area (Å²) in [5.41, 5.74) is 0. The van der Waals surface area contributed by atoms with Crippen LogP contribution in [0.1, 0.15) is 13.8 Å². The van der Waals surface area contributed by atoms with Gasteiger partial charge in [-0.3, -0.25) is 10.1 Å². The summed E-state index contributed by atoms with van der Waals surface area (Å²) in [5, 5.41) is 1.97. The summed E-state index contributed by atoms with van der Waals surface area (Å²) in [5.74, 6) is -0.563. The number of amides is 2. The highest BCUT2D eigenvalue weighted by molar-refractivity contribution is 5.98. The lowest BCUT2D eigenvalue weighted by molar-refractivity contribution is -0.116. The summed E-state index contributed by atoms with van der Waals surface area (Å²) in [4.78, 5) is 21.5. The molecule has 0 aliphatic rings. The SMILES string of the molecule is CCO/C=C\C(=O)NC(=O)OCC. The van der Waals surface area contributed by atoms with Gasteiger partial charge in [0.2, 0.25) is 0 Å². The molecule has 2 amide bonds. The fraction of sp³-hybridized carbons (Fsp3) is 0.500. The minimum Gasteiger partial charge on any atom is -0.501 e. The number of hydrogen-bond donors (Lipinski definition) is 1. The van der Waals surface area contributed by atoms with E-state index >= 15 is 0 Å². The van der Waals surface area contributed by atoms with Gasteiger partial charge in [-0.1, -0.05) is 0 Å². The largest absolute Gasteiger partial charge is 0.501 e. The molecule has 0 atom stereocenters. The van der Waals surface area contributed by atoms with Gasteiger partial charge >= 0.3 is 6.09 Å². The second-order valence-corrected chi connectivity index (χ2v) is 1.97. The van der Waals surface area contributed by atoms with Gasteiger partial charge in [0.1, 0.15) is 0 Å². The summed E-state index contributed by atoms with van der Waals surface area (Å²) in [6.07, 6.45) is 1.57. The van der Waals surface area contributed by atoms with Gasteiger partial charge < -0.3 is 9.47 Å². The van der Waals surface area contributed by atoms with E-state index in [2.05, 4.69) is 4.74 Å². The third-order valence-electron chi connectivity index (χ3n) is 0.983. The molecule has 0 bridgehead atoms. The zero-order chi connectivity index (χ0) is 10.1. The summed E-state index contributed by atoms with van der Waals surface area (Å²) in [6.45, 7) is 4.14. The number of rotatable bonds is 4. The molecular weight excluding hydrogens is 174 g/mol. The summed E-state index contributed by atoms with van der Waals surface area (Å²) in [7, 11) is 0. The summed E-state index contributed by atoms with van der Waals surface area (Å²) >= 11 is 0. The molecule has 0 saturated carbocycles. The van der Waals surface area contributed by atoms with Crippen molar-refractivity contribution in [3.05, 3.63) is 12.3 Å². The maximum Gasteiger partial charge on any atom is 0.414 e. The lowest BCUT2D eigenvalue weighted by Crippen LogP contribution is -2.29. The van der Waals surface area contributed by atoms with E-state index in [1.165, 1.54) is 6.26 Å². The van der Waals surface area contributed by atoms with E-state index in [1.54, 1.807) is 13.8 Å².